The largest absolute Gasteiger partial charge is 0.220 e. The average Bonchev–Trinajstić information content (AvgIpc) is 3.41. The van der Waals surface area contributed by atoms with Crippen molar-refractivity contribution in [1.82, 2.24) is 0 Å². The molecule has 0 aliphatic heterocycles. The minimum Gasteiger partial charge on any atom is -0.198 e. The van der Waals surface area contributed by atoms with Crippen molar-refractivity contribution in [2.75, 3.05) is 0 Å². The zero-order valence-electron chi connectivity index (χ0n) is 17.7. The third-order valence-corrected chi connectivity index (χ3v) is 7.64. The maximum atomic E-state index is 8.77. The third-order valence-electron chi connectivity index (χ3n) is 7.64. The summed E-state index contributed by atoms with van der Waals surface area (Å²) < 4.78 is 11.0. The quantitative estimate of drug-likeness (QED) is 0.486. The van der Waals surface area contributed by atoms with Crippen LogP contribution in [0.25, 0.3) is 22.0 Å². The fourth-order valence-corrected chi connectivity index (χ4v) is 6.13. The molecule has 0 radical (unpaired) electrons. The van der Waals surface area contributed by atoms with E-state index in [2.05, 4.69) is 49.7 Å². The first-order valence-corrected chi connectivity index (χ1v) is 10.6. The monoisotopic (exact) mass is 355 g/mol. The van der Waals surface area contributed by atoms with Crippen LogP contribution in [0.2, 0.25) is 0 Å². The lowest BCUT2D eigenvalue weighted by molar-refractivity contribution is -0.665. The van der Waals surface area contributed by atoms with Gasteiger partial charge in [-0.3, -0.25) is 0 Å². The summed E-state index contributed by atoms with van der Waals surface area (Å²) in [4.78, 5) is 0. The Hall–Kier alpha value is -2.15. The Balaban J connectivity index is 1.68. The highest BCUT2D eigenvalue weighted by Gasteiger charge is 2.38. The van der Waals surface area contributed by atoms with Crippen LogP contribution in [0, 0.1) is 13.8 Å². The summed E-state index contributed by atoms with van der Waals surface area (Å²) in [7, 11) is 2.15. The van der Waals surface area contributed by atoms with E-state index in [1.165, 1.54) is 71.9 Å². The topological polar surface area (TPSA) is 3.88 Å². The summed E-state index contributed by atoms with van der Waals surface area (Å²) in [5, 5.41) is 2.40. The molecular weight excluding hydrogens is 326 g/mol. The molecule has 136 valence electrons. The molecule has 3 aliphatic rings. The van der Waals surface area contributed by atoms with Crippen LogP contribution in [-0.4, -0.2) is 0 Å². The molecule has 2 atom stereocenters. The van der Waals surface area contributed by atoms with E-state index >= 15 is 0 Å². The van der Waals surface area contributed by atoms with Gasteiger partial charge in [0.2, 0.25) is 5.69 Å². The molecule has 6 rings (SSSR count). The predicted molar refractivity (Wildman–Crippen MR) is 111 cm³/mol. The molecule has 1 nitrogen and oxygen atoms in total. The molecule has 1 aromatic heterocycles. The molecule has 1 saturated carbocycles. The summed E-state index contributed by atoms with van der Waals surface area (Å²) in [6, 6.07) is 10.4. The summed E-state index contributed by atoms with van der Waals surface area (Å²) in [5.41, 5.74) is 11.3. The van der Waals surface area contributed by atoms with Gasteiger partial charge in [0.25, 0.3) is 0 Å². The number of hydrogen-bond donors (Lipinski definition) is 0. The van der Waals surface area contributed by atoms with E-state index in [-0.39, 0.29) is 0 Å². The number of fused-ring (bicyclic) bond motifs is 7. The lowest BCUT2D eigenvalue weighted by Crippen LogP contribution is -2.35. The highest BCUT2D eigenvalue weighted by Crippen LogP contribution is 2.54. The summed E-state index contributed by atoms with van der Waals surface area (Å²) in [6.45, 7) is 4.38. The minimum absolute atomic E-state index is 0.689. The van der Waals surface area contributed by atoms with Gasteiger partial charge in [-0.2, -0.15) is 4.57 Å². The molecule has 2 bridgehead atoms. The number of rotatable bonds is 1. The summed E-state index contributed by atoms with van der Waals surface area (Å²) >= 11 is 0. The van der Waals surface area contributed by atoms with Crippen molar-refractivity contribution >= 4 is 10.8 Å². The molecule has 1 fully saturated rings. The Morgan fingerprint density at radius 1 is 0.963 bits per heavy atom. The van der Waals surface area contributed by atoms with Crippen LogP contribution in [0.3, 0.4) is 0 Å². The van der Waals surface area contributed by atoms with Crippen LogP contribution >= 0.6 is 0 Å². The lowest BCUT2D eigenvalue weighted by Gasteiger charge is -2.18. The maximum Gasteiger partial charge on any atom is 0.220 e. The SMILES string of the molecule is [2H]c1c(C)[n+](C)c(-c2cc3c(cc2C)C2CCC3C2)c2cc3c(cc12)CCC3. The number of pyridine rings is 1. The maximum absolute atomic E-state index is 8.77. The number of benzene rings is 2. The zero-order valence-corrected chi connectivity index (χ0v) is 16.7. The second-order valence-corrected chi connectivity index (χ2v) is 9.14. The Bertz CT molecular complexity index is 1170. The van der Waals surface area contributed by atoms with Gasteiger partial charge in [-0.05, 0) is 103 Å². The van der Waals surface area contributed by atoms with Gasteiger partial charge in [-0.25, -0.2) is 0 Å². The molecular formula is C26H28N+. The second kappa shape index (κ2) is 5.44. The standard InChI is InChI=1S/C26H28N/c1-15-9-23-19-7-8-20(12-19)24(23)14-22(15)26-25-13-18-6-4-5-17(18)11-21(25)10-16(2)27(26)3/h9-11,13-14,19-20H,4-8,12H2,1-3H3/q+1/i10D. The van der Waals surface area contributed by atoms with Crippen LogP contribution in [0.4, 0.5) is 0 Å². The van der Waals surface area contributed by atoms with Crippen molar-refractivity contribution in [3.8, 4) is 11.3 Å². The first kappa shape index (κ1) is 14.9. The van der Waals surface area contributed by atoms with Crippen LogP contribution in [0.5, 0.6) is 0 Å². The molecule has 27 heavy (non-hydrogen) atoms. The van der Waals surface area contributed by atoms with Crippen LogP contribution in [0.15, 0.2) is 30.3 Å². The van der Waals surface area contributed by atoms with Crippen LogP contribution < -0.4 is 4.57 Å². The van der Waals surface area contributed by atoms with Gasteiger partial charge in [0.05, 0.1) is 12.3 Å². The average molecular weight is 356 g/mol. The van der Waals surface area contributed by atoms with E-state index in [4.69, 9.17) is 1.37 Å². The van der Waals surface area contributed by atoms with Crippen molar-refractivity contribution in [3.63, 3.8) is 0 Å². The summed E-state index contributed by atoms with van der Waals surface area (Å²) in [5.74, 6) is 1.58. The van der Waals surface area contributed by atoms with Crippen LogP contribution in [-0.2, 0) is 19.9 Å². The fourth-order valence-electron chi connectivity index (χ4n) is 6.13. The molecule has 0 spiro atoms. The van der Waals surface area contributed by atoms with Gasteiger partial charge in [-0.1, -0.05) is 12.1 Å². The van der Waals surface area contributed by atoms with Crippen LogP contribution in [0.1, 0.15) is 72.4 Å². The van der Waals surface area contributed by atoms with E-state index in [1.807, 2.05) is 0 Å². The van der Waals surface area contributed by atoms with Gasteiger partial charge in [-0.15, -0.1) is 0 Å². The molecule has 3 aliphatic carbocycles. The molecule has 3 aromatic rings. The second-order valence-electron chi connectivity index (χ2n) is 9.14. The highest BCUT2D eigenvalue weighted by atomic mass is 14.9. The number of nitrogens with zero attached hydrogens (tertiary/aromatic N) is 1. The van der Waals surface area contributed by atoms with Gasteiger partial charge < -0.3 is 0 Å². The van der Waals surface area contributed by atoms with Crippen molar-refractivity contribution in [2.24, 2.45) is 7.05 Å². The molecule has 2 aromatic carbocycles. The zero-order chi connectivity index (χ0) is 19.2. The fraction of sp³-hybridized carbons (Fsp3) is 0.423. The molecule has 2 unspecified atom stereocenters. The first-order chi connectivity index (χ1) is 13.5. The van der Waals surface area contributed by atoms with Crippen molar-refractivity contribution in [3.05, 3.63) is 63.8 Å². The Kier molecular flexibility index (Phi) is 2.99. The number of aryl methyl sites for hydroxylation is 3. The Labute approximate surface area is 163 Å². The van der Waals surface area contributed by atoms with Gasteiger partial charge in [0.15, 0.2) is 5.69 Å². The predicted octanol–water partition coefficient (Wildman–Crippen LogP) is 5.80. The van der Waals surface area contributed by atoms with E-state index in [1.54, 1.807) is 11.1 Å². The normalized spacial score (nSPS) is 23.0. The molecule has 0 N–H and O–H groups in total. The smallest absolute Gasteiger partial charge is 0.198 e. The van der Waals surface area contributed by atoms with Gasteiger partial charge >= 0.3 is 0 Å². The summed E-state index contributed by atoms with van der Waals surface area (Å²) in [6.07, 6.45) is 7.71. The molecule has 0 saturated heterocycles. The van der Waals surface area contributed by atoms with Crippen molar-refractivity contribution < 1.29 is 5.94 Å². The number of hydrogen-bond acceptors (Lipinski definition) is 0. The third kappa shape index (κ3) is 2.15. The van der Waals surface area contributed by atoms with Gasteiger partial charge in [0, 0.05) is 13.0 Å². The van der Waals surface area contributed by atoms with Crippen molar-refractivity contribution in [2.45, 2.75) is 64.2 Å². The van der Waals surface area contributed by atoms with E-state index in [9.17, 15) is 0 Å². The van der Waals surface area contributed by atoms with Crippen molar-refractivity contribution in [1.29, 1.82) is 0 Å². The Morgan fingerprint density at radius 3 is 2.44 bits per heavy atom. The van der Waals surface area contributed by atoms with E-state index in [0.29, 0.717) is 6.04 Å². The first-order valence-electron chi connectivity index (χ1n) is 11.1. The Morgan fingerprint density at radius 2 is 1.67 bits per heavy atom. The lowest BCUT2D eigenvalue weighted by atomic mass is 9.86. The molecule has 1 heterocycles. The highest BCUT2D eigenvalue weighted by molar-refractivity contribution is 5.95. The molecule has 0 amide bonds. The van der Waals surface area contributed by atoms with E-state index < -0.39 is 0 Å². The minimum atomic E-state index is 0.689. The number of aromatic nitrogens is 1. The van der Waals surface area contributed by atoms with Gasteiger partial charge in [0.1, 0.15) is 7.05 Å². The van der Waals surface area contributed by atoms with E-state index in [0.717, 1.165) is 22.9 Å². The molecule has 1 heteroatoms.